The van der Waals surface area contributed by atoms with Gasteiger partial charge in [-0.15, -0.1) is 0 Å². The topological polar surface area (TPSA) is 49.4 Å². The minimum absolute atomic E-state index is 0.0822. The summed E-state index contributed by atoms with van der Waals surface area (Å²) in [7, 11) is 0. The molecule has 1 heterocycles. The van der Waals surface area contributed by atoms with E-state index in [4.69, 9.17) is 0 Å². The summed E-state index contributed by atoms with van der Waals surface area (Å²) in [5, 5.41) is 3.35. The lowest BCUT2D eigenvalue weighted by Crippen LogP contribution is -2.51. The standard InChI is InChI=1S/C15H28N2O2S/c1-5-20-13-8-6-7-9-17(10-13)15(19)14(11(2)3)16-12(4)18/h11,13-14H,5-10H2,1-4H3,(H,16,18)/t13-,14+/m1/s1. The van der Waals surface area contributed by atoms with E-state index < -0.39 is 6.04 Å². The van der Waals surface area contributed by atoms with E-state index in [1.807, 2.05) is 30.5 Å². The zero-order valence-electron chi connectivity index (χ0n) is 13.1. The highest BCUT2D eigenvalue weighted by Gasteiger charge is 2.30. The molecule has 2 amide bonds. The van der Waals surface area contributed by atoms with Gasteiger partial charge in [-0.05, 0) is 24.5 Å². The summed E-state index contributed by atoms with van der Waals surface area (Å²) in [5.41, 5.74) is 0. The van der Waals surface area contributed by atoms with Crippen LogP contribution in [0, 0.1) is 5.92 Å². The van der Waals surface area contributed by atoms with Crippen LogP contribution in [0.3, 0.4) is 0 Å². The summed E-state index contributed by atoms with van der Waals surface area (Å²) in [4.78, 5) is 25.9. The number of thioether (sulfide) groups is 1. The summed E-state index contributed by atoms with van der Waals surface area (Å²) < 4.78 is 0. The van der Waals surface area contributed by atoms with E-state index in [1.54, 1.807) is 0 Å². The van der Waals surface area contributed by atoms with Crippen molar-refractivity contribution in [2.45, 2.75) is 58.2 Å². The molecule has 1 aliphatic rings. The molecule has 1 N–H and O–H groups in total. The Bertz CT molecular complexity index is 334. The smallest absolute Gasteiger partial charge is 0.245 e. The van der Waals surface area contributed by atoms with Crippen LogP contribution in [-0.4, -0.2) is 46.8 Å². The Morgan fingerprint density at radius 2 is 2.05 bits per heavy atom. The van der Waals surface area contributed by atoms with Crippen LogP contribution < -0.4 is 5.32 Å². The Morgan fingerprint density at radius 1 is 1.35 bits per heavy atom. The van der Waals surface area contributed by atoms with Crippen LogP contribution in [0.2, 0.25) is 0 Å². The van der Waals surface area contributed by atoms with Crippen molar-refractivity contribution in [2.75, 3.05) is 18.8 Å². The maximum absolute atomic E-state index is 12.7. The van der Waals surface area contributed by atoms with Crippen molar-refractivity contribution in [1.82, 2.24) is 10.2 Å². The minimum Gasteiger partial charge on any atom is -0.344 e. The number of likely N-dealkylation sites (tertiary alicyclic amines) is 1. The van der Waals surface area contributed by atoms with Crippen molar-refractivity contribution >= 4 is 23.6 Å². The fourth-order valence-corrected chi connectivity index (χ4v) is 3.69. The largest absolute Gasteiger partial charge is 0.344 e. The molecule has 0 unspecified atom stereocenters. The molecule has 116 valence electrons. The highest BCUT2D eigenvalue weighted by atomic mass is 32.2. The maximum atomic E-state index is 12.7. The Labute approximate surface area is 127 Å². The van der Waals surface area contributed by atoms with E-state index in [1.165, 1.54) is 19.8 Å². The third-order valence-corrected chi connectivity index (χ3v) is 4.82. The molecule has 1 aliphatic heterocycles. The number of carbonyl (C=O) groups is 2. The molecule has 2 atom stereocenters. The molecule has 5 heteroatoms. The van der Waals surface area contributed by atoms with Gasteiger partial charge in [0, 0.05) is 25.3 Å². The monoisotopic (exact) mass is 300 g/mol. The first-order chi connectivity index (χ1) is 9.45. The quantitative estimate of drug-likeness (QED) is 0.847. The molecular weight excluding hydrogens is 272 g/mol. The van der Waals surface area contributed by atoms with Crippen LogP contribution in [0.4, 0.5) is 0 Å². The van der Waals surface area contributed by atoms with Crippen molar-refractivity contribution in [2.24, 2.45) is 5.92 Å². The van der Waals surface area contributed by atoms with Gasteiger partial charge in [0.1, 0.15) is 6.04 Å². The van der Waals surface area contributed by atoms with Gasteiger partial charge in [0.05, 0.1) is 0 Å². The molecule has 0 saturated carbocycles. The molecule has 0 spiro atoms. The second kappa shape index (κ2) is 8.55. The number of amides is 2. The molecule has 1 saturated heterocycles. The second-order valence-electron chi connectivity index (χ2n) is 5.78. The van der Waals surface area contributed by atoms with Gasteiger partial charge >= 0.3 is 0 Å². The number of nitrogens with zero attached hydrogens (tertiary/aromatic N) is 1. The predicted molar refractivity (Wildman–Crippen MR) is 84.8 cm³/mol. The van der Waals surface area contributed by atoms with Crippen LogP contribution in [0.5, 0.6) is 0 Å². The summed E-state index contributed by atoms with van der Waals surface area (Å²) in [6, 6.07) is -0.391. The van der Waals surface area contributed by atoms with Gasteiger partial charge in [0.2, 0.25) is 11.8 Å². The predicted octanol–water partition coefficient (Wildman–Crippen LogP) is 2.28. The van der Waals surface area contributed by atoms with Crippen molar-refractivity contribution in [1.29, 1.82) is 0 Å². The van der Waals surface area contributed by atoms with Gasteiger partial charge in [0.15, 0.2) is 0 Å². The summed E-state index contributed by atoms with van der Waals surface area (Å²) in [6.07, 6.45) is 3.44. The van der Waals surface area contributed by atoms with Crippen LogP contribution >= 0.6 is 11.8 Å². The number of nitrogens with one attached hydrogen (secondary N) is 1. The molecule has 0 radical (unpaired) electrons. The third kappa shape index (κ3) is 5.35. The van der Waals surface area contributed by atoms with E-state index in [-0.39, 0.29) is 17.7 Å². The molecule has 0 aromatic heterocycles. The zero-order chi connectivity index (χ0) is 15.1. The molecule has 0 aromatic carbocycles. The molecule has 0 aliphatic carbocycles. The molecule has 20 heavy (non-hydrogen) atoms. The van der Waals surface area contributed by atoms with E-state index >= 15 is 0 Å². The minimum atomic E-state index is -0.391. The van der Waals surface area contributed by atoms with Gasteiger partial charge < -0.3 is 10.2 Å². The number of hydrogen-bond donors (Lipinski definition) is 1. The summed E-state index contributed by atoms with van der Waals surface area (Å²) >= 11 is 1.94. The van der Waals surface area contributed by atoms with E-state index in [0.717, 1.165) is 25.3 Å². The number of hydrogen-bond acceptors (Lipinski definition) is 3. The Morgan fingerprint density at radius 3 is 2.60 bits per heavy atom. The first kappa shape index (κ1) is 17.3. The Kier molecular flexibility index (Phi) is 7.41. The lowest BCUT2D eigenvalue weighted by atomic mass is 10.0. The first-order valence-electron chi connectivity index (χ1n) is 7.63. The van der Waals surface area contributed by atoms with Gasteiger partial charge in [-0.25, -0.2) is 0 Å². The van der Waals surface area contributed by atoms with Gasteiger partial charge in [-0.2, -0.15) is 11.8 Å². The average Bonchev–Trinajstić information content (AvgIpc) is 2.61. The molecule has 4 nitrogen and oxygen atoms in total. The van der Waals surface area contributed by atoms with Gasteiger partial charge in [0.25, 0.3) is 0 Å². The molecule has 1 fully saturated rings. The highest BCUT2D eigenvalue weighted by Crippen LogP contribution is 2.23. The Hall–Kier alpha value is -0.710. The highest BCUT2D eigenvalue weighted by molar-refractivity contribution is 7.99. The van der Waals surface area contributed by atoms with Crippen LogP contribution in [0.15, 0.2) is 0 Å². The third-order valence-electron chi connectivity index (χ3n) is 3.63. The lowest BCUT2D eigenvalue weighted by molar-refractivity contribution is -0.137. The molecule has 1 rings (SSSR count). The van der Waals surface area contributed by atoms with Crippen molar-refractivity contribution in [3.05, 3.63) is 0 Å². The van der Waals surface area contributed by atoms with E-state index in [0.29, 0.717) is 5.25 Å². The van der Waals surface area contributed by atoms with Crippen LogP contribution in [-0.2, 0) is 9.59 Å². The van der Waals surface area contributed by atoms with Gasteiger partial charge in [-0.1, -0.05) is 27.2 Å². The second-order valence-corrected chi connectivity index (χ2v) is 7.36. The maximum Gasteiger partial charge on any atom is 0.245 e. The zero-order valence-corrected chi connectivity index (χ0v) is 14.0. The molecule has 0 aromatic rings. The number of rotatable bonds is 5. The van der Waals surface area contributed by atoms with Crippen LogP contribution in [0.25, 0.3) is 0 Å². The van der Waals surface area contributed by atoms with Crippen molar-refractivity contribution in [3.63, 3.8) is 0 Å². The summed E-state index contributed by atoms with van der Waals surface area (Å²) in [5.74, 6) is 1.16. The first-order valence-corrected chi connectivity index (χ1v) is 8.68. The Balaban J connectivity index is 2.72. The SMILES string of the molecule is CCS[C@@H]1CCCCN(C(=O)[C@@H](NC(C)=O)C(C)C)C1. The lowest BCUT2D eigenvalue weighted by Gasteiger charge is -2.30. The fourth-order valence-electron chi connectivity index (χ4n) is 2.60. The van der Waals surface area contributed by atoms with E-state index in [2.05, 4.69) is 12.2 Å². The molecular formula is C15H28N2O2S. The number of carbonyl (C=O) groups excluding carboxylic acids is 2. The average molecular weight is 300 g/mol. The fraction of sp³-hybridized carbons (Fsp3) is 0.867. The van der Waals surface area contributed by atoms with Crippen molar-refractivity contribution < 1.29 is 9.59 Å². The van der Waals surface area contributed by atoms with Gasteiger partial charge in [-0.3, -0.25) is 9.59 Å². The van der Waals surface area contributed by atoms with E-state index in [9.17, 15) is 9.59 Å². The molecule has 0 bridgehead atoms. The summed E-state index contributed by atoms with van der Waals surface area (Å²) in [6.45, 7) is 9.24. The van der Waals surface area contributed by atoms with Crippen LogP contribution in [0.1, 0.15) is 47.0 Å². The van der Waals surface area contributed by atoms with Crippen molar-refractivity contribution in [3.8, 4) is 0 Å². The normalized spacial score (nSPS) is 21.4.